The number of aromatic hydroxyl groups is 2. The molecule has 2 N–H and O–H groups in total. The van der Waals surface area contributed by atoms with E-state index >= 15 is 0 Å². The Morgan fingerprint density at radius 3 is 1.68 bits per heavy atom. The van der Waals surface area contributed by atoms with Crippen LogP contribution in [0, 0.1) is 0 Å². The Labute approximate surface area is 366 Å². The lowest BCUT2D eigenvalue weighted by atomic mass is 9.95. The number of aromatic nitrogens is 4. The number of fused-ring (bicyclic) bond motifs is 2. The maximum atomic E-state index is 14.6. The van der Waals surface area contributed by atoms with Crippen molar-refractivity contribution in [3.63, 3.8) is 0 Å². The first-order valence-corrected chi connectivity index (χ1v) is 21.6. The van der Waals surface area contributed by atoms with E-state index in [1.807, 2.05) is 120 Å². The number of unbranched alkanes of at least 4 members (excludes halogenated alkanes) is 2. The lowest BCUT2D eigenvalue weighted by Gasteiger charge is -2.27. The van der Waals surface area contributed by atoms with E-state index in [9.17, 15) is 19.8 Å². The molecule has 63 heavy (non-hydrogen) atoms. The predicted octanol–water partition coefficient (Wildman–Crippen LogP) is 9.63. The Bertz CT molecular complexity index is 2800. The van der Waals surface area contributed by atoms with E-state index in [1.54, 1.807) is 27.6 Å². The van der Waals surface area contributed by atoms with Gasteiger partial charge in [0.05, 0.1) is 36.3 Å². The fraction of sp³-hybridized carbons (Fsp3) is 0.255. The van der Waals surface area contributed by atoms with Gasteiger partial charge in [-0.3, -0.25) is 14.3 Å². The number of aryl methyl sites for hydroxylation is 1. The number of methoxy groups -OCH3 is 1. The van der Waals surface area contributed by atoms with Gasteiger partial charge in [-0.05, 0) is 65.9 Å². The molecule has 2 aromatic heterocycles. The van der Waals surface area contributed by atoms with Gasteiger partial charge in [0.1, 0.15) is 18.0 Å². The first kappa shape index (κ1) is 41.0. The normalized spacial score (nSPS) is 15.6. The van der Waals surface area contributed by atoms with Crippen molar-refractivity contribution in [1.29, 1.82) is 0 Å². The number of ether oxygens (including phenoxy) is 2. The summed E-state index contributed by atoms with van der Waals surface area (Å²) in [6, 6.07) is 37.1. The molecule has 2 unspecified atom stereocenters. The summed E-state index contributed by atoms with van der Waals surface area (Å²) >= 11 is 0. The zero-order valence-electron chi connectivity index (χ0n) is 35.9. The number of phenols is 2. The smallest absolute Gasteiger partial charge is 0.273 e. The third-order valence-corrected chi connectivity index (χ3v) is 12.1. The molecule has 2 aliphatic heterocycles. The van der Waals surface area contributed by atoms with E-state index in [1.165, 1.54) is 7.11 Å². The minimum absolute atomic E-state index is 0.0121. The van der Waals surface area contributed by atoms with Crippen LogP contribution in [0.15, 0.2) is 121 Å². The first-order chi connectivity index (χ1) is 30.7. The van der Waals surface area contributed by atoms with Gasteiger partial charge >= 0.3 is 0 Å². The Hall–Kier alpha value is -7.34. The number of hydrogen-bond acceptors (Lipinski definition) is 8. The minimum atomic E-state index is -0.454. The van der Waals surface area contributed by atoms with E-state index < -0.39 is 12.1 Å². The highest BCUT2D eigenvalue weighted by molar-refractivity contribution is 6.01. The average Bonchev–Trinajstić information content (AvgIpc) is 4.03. The highest BCUT2D eigenvalue weighted by Gasteiger charge is 2.45. The van der Waals surface area contributed by atoms with Crippen LogP contribution >= 0.6 is 0 Å². The molecule has 0 bridgehead atoms. The van der Waals surface area contributed by atoms with Crippen LogP contribution in [-0.4, -0.2) is 71.6 Å². The van der Waals surface area contributed by atoms with E-state index in [4.69, 9.17) is 19.7 Å². The quantitative estimate of drug-likeness (QED) is 0.104. The molecule has 0 radical (unpaired) electrons. The highest BCUT2D eigenvalue weighted by atomic mass is 16.5. The molecule has 0 aliphatic carbocycles. The second-order valence-electron chi connectivity index (χ2n) is 16.1. The van der Waals surface area contributed by atoms with Crippen LogP contribution in [0.3, 0.4) is 0 Å². The van der Waals surface area contributed by atoms with Crippen molar-refractivity contribution in [2.24, 2.45) is 7.05 Å². The van der Waals surface area contributed by atoms with Crippen molar-refractivity contribution < 1.29 is 29.3 Å². The van der Waals surface area contributed by atoms with Crippen LogP contribution in [0.4, 0.5) is 0 Å². The van der Waals surface area contributed by atoms with Crippen molar-refractivity contribution in [3.05, 3.63) is 161 Å². The predicted molar refractivity (Wildman–Crippen MR) is 240 cm³/mol. The summed E-state index contributed by atoms with van der Waals surface area (Å²) in [5, 5.41) is 31.5. The molecule has 0 fully saturated rings. The maximum Gasteiger partial charge on any atom is 0.273 e. The number of phenolic OH excluding ortho intramolecular Hbond substituents is 2. The van der Waals surface area contributed by atoms with Gasteiger partial charge < -0.3 is 29.5 Å². The van der Waals surface area contributed by atoms with E-state index in [-0.39, 0.29) is 29.9 Å². The van der Waals surface area contributed by atoms with E-state index in [0.29, 0.717) is 47.4 Å². The van der Waals surface area contributed by atoms with Crippen molar-refractivity contribution >= 4 is 11.8 Å². The standard InChI is InChI=1S/C51H50N6O6/c1-5-7-27-55-46(42-44(33-15-11-9-12-16-33)52-54(3)48(42)50(55)60)36-22-26-39(59)41(30-36)63-31-32-19-23-37(24-20-32)57-49-43(45(53-57)34-17-13-10-14-18-34)47(56(51(49)61)28-8-6-2)35-21-25-38(58)40(29-35)62-4/h9-26,29-30,46-47,58-59H,5-8,27-28,31H2,1-4H3. The van der Waals surface area contributed by atoms with Crippen LogP contribution in [0.5, 0.6) is 23.0 Å². The summed E-state index contributed by atoms with van der Waals surface area (Å²) in [6.07, 6.45) is 3.50. The summed E-state index contributed by atoms with van der Waals surface area (Å²) in [4.78, 5) is 32.4. The van der Waals surface area contributed by atoms with Crippen molar-refractivity contribution in [1.82, 2.24) is 29.4 Å². The SMILES string of the molecule is CCCCN1C(=O)c2c(c(-c3ccccc3)nn2C)C1c1ccc(O)c(OCc2ccc(-n3nc(-c4ccccc4)c4c3C(=O)N(CCCC)C4c3ccc(O)c(OC)c3)cc2)c1. The lowest BCUT2D eigenvalue weighted by molar-refractivity contribution is 0.0730. The van der Waals surface area contributed by atoms with Gasteiger partial charge in [0, 0.05) is 42.4 Å². The van der Waals surface area contributed by atoms with E-state index in [2.05, 4.69) is 13.8 Å². The summed E-state index contributed by atoms with van der Waals surface area (Å²) in [7, 11) is 3.33. The largest absolute Gasteiger partial charge is 0.504 e. The molecule has 7 aromatic rings. The highest BCUT2D eigenvalue weighted by Crippen LogP contribution is 2.47. The van der Waals surface area contributed by atoms with Crippen molar-refractivity contribution in [2.75, 3.05) is 20.2 Å². The number of rotatable bonds is 15. The van der Waals surface area contributed by atoms with Crippen LogP contribution in [0.25, 0.3) is 28.2 Å². The number of nitrogens with zero attached hydrogens (tertiary/aromatic N) is 6. The molecule has 320 valence electrons. The number of carbonyl (C=O) groups is 2. The number of carbonyl (C=O) groups excluding carboxylic acids is 2. The number of amides is 2. The topological polar surface area (TPSA) is 135 Å². The van der Waals surface area contributed by atoms with Gasteiger partial charge in [-0.2, -0.15) is 10.2 Å². The molecular weight excluding hydrogens is 793 g/mol. The second-order valence-corrected chi connectivity index (χ2v) is 16.1. The summed E-state index contributed by atoms with van der Waals surface area (Å²) < 4.78 is 15.2. The van der Waals surface area contributed by atoms with Gasteiger partial charge in [0.15, 0.2) is 23.0 Å². The third-order valence-electron chi connectivity index (χ3n) is 12.1. The van der Waals surface area contributed by atoms with Gasteiger partial charge in [0.25, 0.3) is 11.8 Å². The molecule has 5 aromatic carbocycles. The lowest BCUT2D eigenvalue weighted by Crippen LogP contribution is -2.31. The average molecular weight is 843 g/mol. The maximum absolute atomic E-state index is 14.6. The zero-order valence-corrected chi connectivity index (χ0v) is 35.9. The molecule has 2 aliphatic rings. The van der Waals surface area contributed by atoms with Gasteiger partial charge in [0.2, 0.25) is 0 Å². The molecule has 0 spiro atoms. The monoisotopic (exact) mass is 842 g/mol. The van der Waals surface area contributed by atoms with Crippen LogP contribution in [0.1, 0.15) is 100 Å². The zero-order chi connectivity index (χ0) is 43.8. The molecule has 0 saturated carbocycles. The first-order valence-electron chi connectivity index (χ1n) is 21.6. The fourth-order valence-electron chi connectivity index (χ4n) is 8.96. The molecule has 9 rings (SSSR count). The van der Waals surface area contributed by atoms with E-state index in [0.717, 1.165) is 70.3 Å². The molecule has 0 saturated heterocycles. The van der Waals surface area contributed by atoms with Gasteiger partial charge in [-0.25, -0.2) is 4.68 Å². The molecule has 12 heteroatoms. The minimum Gasteiger partial charge on any atom is -0.504 e. The Morgan fingerprint density at radius 2 is 1.13 bits per heavy atom. The van der Waals surface area contributed by atoms with Crippen LogP contribution in [-0.2, 0) is 13.7 Å². The molecule has 12 nitrogen and oxygen atoms in total. The fourth-order valence-corrected chi connectivity index (χ4v) is 8.96. The third kappa shape index (κ3) is 7.34. The molecule has 4 heterocycles. The molecule has 2 amide bonds. The van der Waals surface area contributed by atoms with Crippen molar-refractivity contribution in [2.45, 2.75) is 58.2 Å². The van der Waals surface area contributed by atoms with Gasteiger partial charge in [-0.1, -0.05) is 112 Å². The van der Waals surface area contributed by atoms with Crippen molar-refractivity contribution in [3.8, 4) is 51.2 Å². The van der Waals surface area contributed by atoms with Crippen LogP contribution in [0.2, 0.25) is 0 Å². The Balaban J connectivity index is 1.04. The summed E-state index contributed by atoms with van der Waals surface area (Å²) in [5.41, 5.74) is 9.12. The Morgan fingerprint density at radius 1 is 0.619 bits per heavy atom. The number of hydrogen-bond donors (Lipinski definition) is 2. The van der Waals surface area contributed by atoms with Crippen LogP contribution < -0.4 is 9.47 Å². The van der Waals surface area contributed by atoms with Gasteiger partial charge in [-0.15, -0.1) is 0 Å². The summed E-state index contributed by atoms with van der Waals surface area (Å²) in [6.45, 7) is 5.48. The Kier molecular flexibility index (Phi) is 11.2. The molecule has 2 atom stereocenters. The second kappa shape index (κ2) is 17.2. The molecular formula is C51H50N6O6. The number of benzene rings is 5. The summed E-state index contributed by atoms with van der Waals surface area (Å²) in [5.74, 6) is 0.447.